The SMILES string of the molecule is Cc1ccc2[nH]c3c(N4CCC[C@@H](C)C4)ncnc3c2c1. The third-order valence-corrected chi connectivity index (χ3v) is 4.47. The molecule has 0 aliphatic carbocycles. The van der Waals surface area contributed by atoms with Gasteiger partial charge in [-0.25, -0.2) is 9.97 Å². The summed E-state index contributed by atoms with van der Waals surface area (Å²) in [6.07, 6.45) is 4.26. The average Bonchev–Trinajstić information content (AvgIpc) is 2.85. The van der Waals surface area contributed by atoms with E-state index >= 15 is 0 Å². The molecule has 1 fully saturated rings. The summed E-state index contributed by atoms with van der Waals surface area (Å²) in [6, 6.07) is 6.46. The number of aryl methyl sites for hydroxylation is 1. The molecule has 1 N–H and O–H groups in total. The number of benzene rings is 1. The van der Waals surface area contributed by atoms with Crippen molar-refractivity contribution in [3.8, 4) is 0 Å². The number of aromatic amines is 1. The van der Waals surface area contributed by atoms with Gasteiger partial charge in [0.25, 0.3) is 0 Å². The number of rotatable bonds is 1. The van der Waals surface area contributed by atoms with E-state index in [9.17, 15) is 0 Å². The van der Waals surface area contributed by atoms with E-state index in [2.05, 4.69) is 51.9 Å². The lowest BCUT2D eigenvalue weighted by Gasteiger charge is -2.31. The number of nitrogens with one attached hydrogen (secondary N) is 1. The Bertz CT molecular complexity index is 805. The lowest BCUT2D eigenvalue weighted by Crippen LogP contribution is -2.35. The summed E-state index contributed by atoms with van der Waals surface area (Å²) in [6.45, 7) is 6.61. The molecule has 0 saturated carbocycles. The van der Waals surface area contributed by atoms with Gasteiger partial charge in [-0.2, -0.15) is 0 Å². The number of anilines is 1. The Morgan fingerprint density at radius 1 is 1.29 bits per heavy atom. The Morgan fingerprint density at radius 2 is 2.19 bits per heavy atom. The van der Waals surface area contributed by atoms with Gasteiger partial charge in [-0.3, -0.25) is 0 Å². The minimum atomic E-state index is 0.732. The van der Waals surface area contributed by atoms with E-state index in [0.29, 0.717) is 0 Å². The van der Waals surface area contributed by atoms with Crippen LogP contribution >= 0.6 is 0 Å². The molecule has 1 atom stereocenters. The van der Waals surface area contributed by atoms with E-state index in [1.54, 1.807) is 6.33 Å². The fourth-order valence-corrected chi connectivity index (χ4v) is 3.41. The molecule has 1 saturated heterocycles. The van der Waals surface area contributed by atoms with Crippen LogP contribution in [0.2, 0.25) is 0 Å². The highest BCUT2D eigenvalue weighted by atomic mass is 15.2. The lowest BCUT2D eigenvalue weighted by molar-refractivity contribution is 0.445. The Labute approximate surface area is 124 Å². The summed E-state index contributed by atoms with van der Waals surface area (Å²) >= 11 is 0. The van der Waals surface area contributed by atoms with Gasteiger partial charge in [0.05, 0.1) is 0 Å². The maximum atomic E-state index is 4.57. The van der Waals surface area contributed by atoms with Crippen molar-refractivity contribution in [2.24, 2.45) is 5.92 Å². The number of piperidine rings is 1. The molecule has 2 aromatic heterocycles. The summed E-state index contributed by atoms with van der Waals surface area (Å²) < 4.78 is 0. The van der Waals surface area contributed by atoms with Gasteiger partial charge in [-0.1, -0.05) is 18.6 Å². The summed E-state index contributed by atoms with van der Waals surface area (Å²) in [5.41, 5.74) is 4.52. The van der Waals surface area contributed by atoms with E-state index in [0.717, 1.165) is 41.4 Å². The summed E-state index contributed by atoms with van der Waals surface area (Å²) in [5, 5.41) is 1.19. The second-order valence-electron chi connectivity index (χ2n) is 6.29. The van der Waals surface area contributed by atoms with Gasteiger partial charge in [-0.05, 0) is 37.8 Å². The van der Waals surface area contributed by atoms with Gasteiger partial charge in [0.15, 0.2) is 5.82 Å². The van der Waals surface area contributed by atoms with Crippen molar-refractivity contribution in [1.82, 2.24) is 15.0 Å². The van der Waals surface area contributed by atoms with Crippen LogP contribution in [0, 0.1) is 12.8 Å². The molecule has 1 aliphatic heterocycles. The smallest absolute Gasteiger partial charge is 0.156 e. The molecule has 108 valence electrons. The molecule has 3 heterocycles. The molecular formula is C17H20N4. The van der Waals surface area contributed by atoms with Crippen LogP contribution in [0.5, 0.6) is 0 Å². The second-order valence-corrected chi connectivity index (χ2v) is 6.29. The Balaban J connectivity index is 1.91. The highest BCUT2D eigenvalue weighted by Gasteiger charge is 2.21. The number of fused-ring (bicyclic) bond motifs is 3. The van der Waals surface area contributed by atoms with Gasteiger partial charge in [0.2, 0.25) is 0 Å². The van der Waals surface area contributed by atoms with Crippen molar-refractivity contribution < 1.29 is 0 Å². The zero-order valence-electron chi connectivity index (χ0n) is 12.6. The zero-order valence-corrected chi connectivity index (χ0v) is 12.6. The zero-order chi connectivity index (χ0) is 14.4. The van der Waals surface area contributed by atoms with Gasteiger partial charge in [-0.15, -0.1) is 0 Å². The third-order valence-electron chi connectivity index (χ3n) is 4.47. The molecule has 1 aliphatic rings. The summed E-state index contributed by atoms with van der Waals surface area (Å²) in [4.78, 5) is 15.0. The Kier molecular flexibility index (Phi) is 2.84. The third kappa shape index (κ3) is 2.06. The number of aromatic nitrogens is 3. The van der Waals surface area contributed by atoms with Gasteiger partial charge < -0.3 is 9.88 Å². The van der Waals surface area contributed by atoms with Crippen LogP contribution in [0.15, 0.2) is 24.5 Å². The molecule has 4 rings (SSSR count). The number of hydrogen-bond donors (Lipinski definition) is 1. The maximum absolute atomic E-state index is 4.57. The van der Waals surface area contributed by atoms with Gasteiger partial charge >= 0.3 is 0 Å². The Morgan fingerprint density at radius 3 is 3.05 bits per heavy atom. The quantitative estimate of drug-likeness (QED) is 0.740. The molecule has 21 heavy (non-hydrogen) atoms. The predicted molar refractivity (Wildman–Crippen MR) is 86.7 cm³/mol. The average molecular weight is 280 g/mol. The number of hydrogen-bond acceptors (Lipinski definition) is 3. The number of H-pyrrole nitrogens is 1. The Hall–Kier alpha value is -2.10. The highest BCUT2D eigenvalue weighted by molar-refractivity contribution is 6.08. The highest BCUT2D eigenvalue weighted by Crippen LogP contribution is 2.31. The maximum Gasteiger partial charge on any atom is 0.156 e. The lowest BCUT2D eigenvalue weighted by atomic mass is 10.0. The van der Waals surface area contributed by atoms with E-state index < -0.39 is 0 Å². The monoisotopic (exact) mass is 280 g/mol. The van der Waals surface area contributed by atoms with Crippen LogP contribution in [0.25, 0.3) is 21.9 Å². The fourth-order valence-electron chi connectivity index (χ4n) is 3.41. The van der Waals surface area contributed by atoms with E-state index in [1.807, 2.05) is 0 Å². The molecule has 3 aromatic rings. The largest absolute Gasteiger partial charge is 0.355 e. The fraction of sp³-hybridized carbons (Fsp3) is 0.412. The van der Waals surface area contributed by atoms with Gasteiger partial charge in [0.1, 0.15) is 17.4 Å². The first kappa shape index (κ1) is 12.6. The summed E-state index contributed by atoms with van der Waals surface area (Å²) in [7, 11) is 0. The number of nitrogens with zero attached hydrogens (tertiary/aromatic N) is 3. The molecule has 0 amide bonds. The van der Waals surface area contributed by atoms with Crippen LogP contribution in [-0.4, -0.2) is 28.0 Å². The van der Waals surface area contributed by atoms with Crippen LogP contribution < -0.4 is 4.90 Å². The van der Waals surface area contributed by atoms with Crippen molar-refractivity contribution in [3.63, 3.8) is 0 Å². The molecule has 0 bridgehead atoms. The molecule has 4 nitrogen and oxygen atoms in total. The first-order valence-electron chi connectivity index (χ1n) is 7.70. The molecular weight excluding hydrogens is 260 g/mol. The van der Waals surface area contributed by atoms with E-state index in [-0.39, 0.29) is 0 Å². The predicted octanol–water partition coefficient (Wildman–Crippen LogP) is 3.66. The first-order chi connectivity index (χ1) is 10.2. The molecule has 1 aromatic carbocycles. The minimum absolute atomic E-state index is 0.732. The van der Waals surface area contributed by atoms with Crippen LogP contribution in [0.4, 0.5) is 5.82 Å². The van der Waals surface area contributed by atoms with Crippen molar-refractivity contribution in [1.29, 1.82) is 0 Å². The van der Waals surface area contributed by atoms with Crippen molar-refractivity contribution in [2.45, 2.75) is 26.7 Å². The van der Waals surface area contributed by atoms with Crippen molar-refractivity contribution in [3.05, 3.63) is 30.1 Å². The van der Waals surface area contributed by atoms with E-state index in [1.165, 1.54) is 23.8 Å². The molecule has 0 unspecified atom stereocenters. The standard InChI is InChI=1S/C17H20N4/c1-11-5-6-14-13(8-11)15-16(20-14)17(19-10-18-15)21-7-3-4-12(2)9-21/h5-6,8,10,12,20H,3-4,7,9H2,1-2H3/t12-/m1/s1. The van der Waals surface area contributed by atoms with E-state index in [4.69, 9.17) is 0 Å². The molecule has 4 heteroatoms. The van der Waals surface area contributed by atoms with Gasteiger partial charge in [0, 0.05) is 24.0 Å². The van der Waals surface area contributed by atoms with Crippen LogP contribution in [0.3, 0.4) is 0 Å². The first-order valence-corrected chi connectivity index (χ1v) is 7.70. The van der Waals surface area contributed by atoms with Crippen molar-refractivity contribution in [2.75, 3.05) is 18.0 Å². The van der Waals surface area contributed by atoms with Crippen LogP contribution in [-0.2, 0) is 0 Å². The van der Waals surface area contributed by atoms with Crippen LogP contribution in [0.1, 0.15) is 25.3 Å². The topological polar surface area (TPSA) is 44.8 Å². The molecule has 0 radical (unpaired) electrons. The minimum Gasteiger partial charge on any atom is -0.355 e. The molecule has 0 spiro atoms. The van der Waals surface area contributed by atoms with Crippen molar-refractivity contribution >= 4 is 27.8 Å². The summed E-state index contributed by atoms with van der Waals surface area (Å²) in [5.74, 6) is 1.79. The normalized spacial score (nSPS) is 19.5. The second kappa shape index (κ2) is 4.72.